The van der Waals surface area contributed by atoms with Crippen LogP contribution in [0.4, 0.5) is 13.6 Å². The van der Waals surface area contributed by atoms with E-state index in [0.717, 1.165) is 12.5 Å². The number of halogens is 2. The van der Waals surface area contributed by atoms with Gasteiger partial charge in [0.05, 0.1) is 12.6 Å². The SMILES string of the molecule is CCN(CC(=O)O)C1CC(NC(=O)N[C@H]2CCCc3c(F)cc(F)cc32)C1. The summed E-state index contributed by atoms with van der Waals surface area (Å²) in [5.41, 5.74) is 0.989. The van der Waals surface area contributed by atoms with Crippen molar-refractivity contribution in [1.82, 2.24) is 15.5 Å². The van der Waals surface area contributed by atoms with Crippen molar-refractivity contribution in [2.75, 3.05) is 13.1 Å². The molecule has 1 fully saturated rings. The Bertz CT molecular complexity index is 722. The number of hydrogen-bond acceptors (Lipinski definition) is 3. The van der Waals surface area contributed by atoms with E-state index in [1.165, 1.54) is 6.07 Å². The molecule has 0 radical (unpaired) electrons. The van der Waals surface area contributed by atoms with E-state index >= 15 is 0 Å². The molecule has 2 aliphatic carbocycles. The van der Waals surface area contributed by atoms with Gasteiger partial charge in [-0.25, -0.2) is 13.6 Å². The molecule has 1 aromatic carbocycles. The summed E-state index contributed by atoms with van der Waals surface area (Å²) < 4.78 is 27.5. The van der Waals surface area contributed by atoms with Gasteiger partial charge in [0.15, 0.2) is 0 Å². The van der Waals surface area contributed by atoms with Crippen LogP contribution in [-0.2, 0) is 11.2 Å². The summed E-state index contributed by atoms with van der Waals surface area (Å²) in [5, 5.41) is 14.6. The number of fused-ring (bicyclic) bond motifs is 1. The second-order valence-corrected chi connectivity index (χ2v) is 7.30. The molecule has 27 heavy (non-hydrogen) atoms. The Balaban J connectivity index is 1.53. The van der Waals surface area contributed by atoms with Crippen LogP contribution in [0.15, 0.2) is 12.1 Å². The molecule has 0 spiro atoms. The maximum atomic E-state index is 13.9. The van der Waals surface area contributed by atoms with E-state index in [4.69, 9.17) is 5.11 Å². The quantitative estimate of drug-likeness (QED) is 0.707. The van der Waals surface area contributed by atoms with E-state index in [1.807, 2.05) is 11.8 Å². The number of carboxylic acids is 1. The van der Waals surface area contributed by atoms with Crippen LogP contribution in [0.1, 0.15) is 49.8 Å². The Kier molecular flexibility index (Phi) is 5.94. The van der Waals surface area contributed by atoms with E-state index in [1.54, 1.807) is 0 Å². The summed E-state index contributed by atoms with van der Waals surface area (Å²) >= 11 is 0. The summed E-state index contributed by atoms with van der Waals surface area (Å²) in [6, 6.07) is 1.54. The molecule has 1 saturated carbocycles. The number of amides is 2. The lowest BCUT2D eigenvalue weighted by molar-refractivity contribution is -0.139. The number of urea groups is 1. The molecule has 1 atom stereocenters. The van der Waals surface area contributed by atoms with Gasteiger partial charge in [0.25, 0.3) is 0 Å². The molecule has 0 heterocycles. The van der Waals surface area contributed by atoms with Gasteiger partial charge in [-0.15, -0.1) is 0 Å². The van der Waals surface area contributed by atoms with Crippen molar-refractivity contribution >= 4 is 12.0 Å². The summed E-state index contributed by atoms with van der Waals surface area (Å²) in [6.07, 6.45) is 3.30. The smallest absolute Gasteiger partial charge is 0.317 e. The van der Waals surface area contributed by atoms with Crippen molar-refractivity contribution < 1.29 is 23.5 Å². The molecule has 6 nitrogen and oxygen atoms in total. The third kappa shape index (κ3) is 4.55. The molecule has 0 aliphatic heterocycles. The molecular formula is C19H25F2N3O3. The number of likely N-dealkylation sites (N-methyl/N-ethyl adjacent to an activating group) is 1. The van der Waals surface area contributed by atoms with Gasteiger partial charge in [-0.3, -0.25) is 9.69 Å². The summed E-state index contributed by atoms with van der Waals surface area (Å²) in [7, 11) is 0. The minimum Gasteiger partial charge on any atom is -0.480 e. The molecule has 2 aliphatic rings. The average Bonchev–Trinajstić information content (AvgIpc) is 2.56. The average molecular weight is 381 g/mol. The number of hydrogen-bond donors (Lipinski definition) is 3. The molecule has 0 bridgehead atoms. The highest BCUT2D eigenvalue weighted by molar-refractivity contribution is 5.75. The first-order valence-electron chi connectivity index (χ1n) is 9.38. The molecule has 8 heteroatoms. The van der Waals surface area contributed by atoms with Crippen LogP contribution in [-0.4, -0.2) is 47.2 Å². The number of carbonyl (C=O) groups is 2. The first-order chi connectivity index (χ1) is 12.9. The third-order valence-corrected chi connectivity index (χ3v) is 5.50. The number of nitrogens with zero attached hydrogens (tertiary/aromatic N) is 1. The lowest BCUT2D eigenvalue weighted by Gasteiger charge is -2.42. The second kappa shape index (κ2) is 8.21. The van der Waals surface area contributed by atoms with Crippen LogP contribution < -0.4 is 10.6 Å². The largest absolute Gasteiger partial charge is 0.480 e. The zero-order valence-corrected chi connectivity index (χ0v) is 15.3. The normalized spacial score (nSPS) is 24.1. The number of carboxylic acid groups (broad SMARTS) is 1. The molecule has 148 valence electrons. The fraction of sp³-hybridized carbons (Fsp3) is 0.579. The summed E-state index contributed by atoms with van der Waals surface area (Å²) in [6.45, 7) is 2.55. The fourth-order valence-corrected chi connectivity index (χ4v) is 4.05. The van der Waals surface area contributed by atoms with Gasteiger partial charge >= 0.3 is 12.0 Å². The first-order valence-corrected chi connectivity index (χ1v) is 9.38. The van der Waals surface area contributed by atoms with Crippen LogP contribution in [0.3, 0.4) is 0 Å². The van der Waals surface area contributed by atoms with E-state index in [2.05, 4.69) is 10.6 Å². The highest BCUT2D eigenvalue weighted by Gasteiger charge is 2.35. The van der Waals surface area contributed by atoms with Gasteiger partial charge in [-0.1, -0.05) is 6.92 Å². The number of benzene rings is 1. The first kappa shape index (κ1) is 19.5. The number of rotatable bonds is 6. The van der Waals surface area contributed by atoms with Crippen LogP contribution in [0.2, 0.25) is 0 Å². The number of aliphatic carboxylic acids is 1. The zero-order valence-electron chi connectivity index (χ0n) is 15.3. The molecule has 2 amide bonds. The van der Waals surface area contributed by atoms with Crippen molar-refractivity contribution in [1.29, 1.82) is 0 Å². The second-order valence-electron chi connectivity index (χ2n) is 7.30. The third-order valence-electron chi connectivity index (χ3n) is 5.50. The van der Waals surface area contributed by atoms with E-state index in [-0.39, 0.29) is 24.7 Å². The van der Waals surface area contributed by atoms with E-state index in [0.29, 0.717) is 43.4 Å². The molecule has 0 aromatic heterocycles. The van der Waals surface area contributed by atoms with Gasteiger partial charge in [0.1, 0.15) is 11.6 Å². The van der Waals surface area contributed by atoms with Gasteiger partial charge in [0, 0.05) is 18.2 Å². The van der Waals surface area contributed by atoms with Crippen LogP contribution in [0, 0.1) is 11.6 Å². The predicted molar refractivity (Wildman–Crippen MR) is 95.4 cm³/mol. The number of nitrogens with one attached hydrogen (secondary N) is 2. The topological polar surface area (TPSA) is 81.7 Å². The monoisotopic (exact) mass is 381 g/mol. The van der Waals surface area contributed by atoms with Gasteiger partial charge < -0.3 is 15.7 Å². The van der Waals surface area contributed by atoms with Gasteiger partial charge in [-0.2, -0.15) is 0 Å². The van der Waals surface area contributed by atoms with Gasteiger partial charge in [0.2, 0.25) is 0 Å². The Morgan fingerprint density at radius 1 is 1.26 bits per heavy atom. The molecule has 3 rings (SSSR count). The highest BCUT2D eigenvalue weighted by atomic mass is 19.1. The van der Waals surface area contributed by atoms with E-state index in [9.17, 15) is 18.4 Å². The van der Waals surface area contributed by atoms with Crippen LogP contribution in [0.5, 0.6) is 0 Å². The van der Waals surface area contributed by atoms with Gasteiger partial charge in [-0.05, 0) is 55.8 Å². The predicted octanol–water partition coefficient (Wildman–Crippen LogP) is 2.58. The molecule has 0 unspecified atom stereocenters. The minimum absolute atomic E-state index is 0.00390. The Morgan fingerprint density at radius 2 is 2.00 bits per heavy atom. The Labute approximate surface area is 156 Å². The Hall–Kier alpha value is -2.22. The summed E-state index contributed by atoms with van der Waals surface area (Å²) in [5.74, 6) is -2.06. The lowest BCUT2D eigenvalue weighted by Crippen LogP contribution is -2.56. The molecule has 0 saturated heterocycles. The van der Waals surface area contributed by atoms with Crippen LogP contribution in [0.25, 0.3) is 0 Å². The minimum atomic E-state index is -0.860. The van der Waals surface area contributed by atoms with Crippen molar-refractivity contribution in [3.8, 4) is 0 Å². The van der Waals surface area contributed by atoms with Crippen LogP contribution >= 0.6 is 0 Å². The molecule has 3 N–H and O–H groups in total. The highest BCUT2D eigenvalue weighted by Crippen LogP contribution is 2.32. The van der Waals surface area contributed by atoms with E-state index < -0.39 is 23.6 Å². The lowest BCUT2D eigenvalue weighted by atomic mass is 9.85. The molecule has 1 aromatic rings. The van der Waals surface area contributed by atoms with Crippen molar-refractivity contribution in [2.24, 2.45) is 0 Å². The van der Waals surface area contributed by atoms with Crippen molar-refractivity contribution in [3.63, 3.8) is 0 Å². The van der Waals surface area contributed by atoms with Crippen molar-refractivity contribution in [2.45, 2.75) is 57.2 Å². The molecular weight excluding hydrogens is 356 g/mol. The zero-order chi connectivity index (χ0) is 19.6. The maximum absolute atomic E-state index is 13.9. The maximum Gasteiger partial charge on any atom is 0.317 e. The summed E-state index contributed by atoms with van der Waals surface area (Å²) in [4.78, 5) is 25.0. The Morgan fingerprint density at radius 3 is 2.67 bits per heavy atom. The fourth-order valence-electron chi connectivity index (χ4n) is 4.05. The number of carbonyl (C=O) groups excluding carboxylic acids is 1. The van der Waals surface area contributed by atoms with Crippen molar-refractivity contribution in [3.05, 3.63) is 34.9 Å². The standard InChI is InChI=1S/C19H25F2N3O3/c1-2-24(10-18(25)26)13-8-12(9-13)22-19(27)23-17-5-3-4-14-15(17)6-11(20)7-16(14)21/h6-7,12-13,17H,2-5,8-10H2,1H3,(H,25,26)(H2,22,23,27)/t12?,13?,17-/m0/s1.